The molecule has 34 heavy (non-hydrogen) atoms. The second-order valence-electron chi connectivity index (χ2n) is 9.45. The fourth-order valence-electron chi connectivity index (χ4n) is 4.90. The highest BCUT2D eigenvalue weighted by Gasteiger charge is 2.42. The fourth-order valence-corrected chi connectivity index (χ4v) is 5.07. The first-order valence-corrected chi connectivity index (χ1v) is 12.4. The number of nitrogens with one attached hydrogen (secondary N) is 1. The molecule has 2 aromatic rings. The van der Waals surface area contributed by atoms with E-state index in [0.717, 1.165) is 44.3 Å². The number of carboxylic acid groups (broad SMARTS) is 1. The molecule has 2 N–H and O–H groups in total. The topological polar surface area (TPSA) is 82.0 Å². The molecule has 1 saturated heterocycles. The zero-order chi connectivity index (χ0) is 24.3. The van der Waals surface area contributed by atoms with Crippen molar-refractivity contribution in [2.75, 3.05) is 18.4 Å². The number of likely N-dealkylation sites (N-methyl/N-ethyl adjacent to an activating group) is 1. The number of hydrogen-bond acceptors (Lipinski definition) is 4. The Labute approximate surface area is 206 Å². The maximum atomic E-state index is 13.5. The number of amides is 1. The molecule has 0 unspecified atom stereocenters. The summed E-state index contributed by atoms with van der Waals surface area (Å²) in [6.45, 7) is 5.79. The molecule has 1 amide bonds. The lowest BCUT2D eigenvalue weighted by Gasteiger charge is -2.33. The zero-order valence-electron chi connectivity index (χ0n) is 19.8. The number of anilines is 1. The summed E-state index contributed by atoms with van der Waals surface area (Å²) in [5.74, 6) is -0.642. The highest BCUT2D eigenvalue weighted by atomic mass is 35.5. The van der Waals surface area contributed by atoms with Crippen LogP contribution in [0.1, 0.15) is 57.1 Å². The van der Waals surface area contributed by atoms with Crippen LogP contribution in [-0.4, -0.2) is 52.3 Å². The van der Waals surface area contributed by atoms with Crippen molar-refractivity contribution >= 4 is 34.9 Å². The van der Waals surface area contributed by atoms with E-state index < -0.39 is 11.5 Å². The maximum absolute atomic E-state index is 13.5. The third-order valence-corrected chi connectivity index (χ3v) is 7.27. The van der Waals surface area contributed by atoms with Crippen molar-refractivity contribution in [1.82, 2.24) is 4.90 Å². The number of carbonyl (C=O) groups is 2. The number of aliphatic carboxylic acids is 1. The summed E-state index contributed by atoms with van der Waals surface area (Å²) >= 11 is 6.41. The molecule has 2 aromatic carbocycles. The van der Waals surface area contributed by atoms with E-state index >= 15 is 0 Å². The summed E-state index contributed by atoms with van der Waals surface area (Å²) in [6, 6.07) is 14.7. The molecule has 0 radical (unpaired) electrons. The van der Waals surface area contributed by atoms with Crippen LogP contribution in [0.5, 0.6) is 0 Å². The van der Waals surface area contributed by atoms with E-state index in [-0.39, 0.29) is 24.3 Å². The Morgan fingerprint density at radius 1 is 1.24 bits per heavy atom. The van der Waals surface area contributed by atoms with Gasteiger partial charge in [-0.15, -0.1) is 0 Å². The van der Waals surface area contributed by atoms with E-state index in [0.29, 0.717) is 22.0 Å². The van der Waals surface area contributed by atoms with Gasteiger partial charge < -0.3 is 10.4 Å². The number of halogens is 1. The van der Waals surface area contributed by atoms with Crippen LogP contribution in [0.25, 0.3) is 0 Å². The normalized spacial score (nSPS) is 21.9. The Kier molecular flexibility index (Phi) is 7.39. The molecule has 1 heterocycles. The molecular formula is C27H32ClN3O3. The molecule has 2 atom stereocenters. The first kappa shape index (κ1) is 24.4. The van der Waals surface area contributed by atoms with Gasteiger partial charge in [-0.25, -0.2) is 0 Å². The quantitative estimate of drug-likeness (QED) is 0.479. The average molecular weight is 482 g/mol. The van der Waals surface area contributed by atoms with Crippen molar-refractivity contribution in [1.29, 1.82) is 0 Å². The summed E-state index contributed by atoms with van der Waals surface area (Å²) in [7, 11) is 0. The van der Waals surface area contributed by atoms with Gasteiger partial charge in [0.25, 0.3) is 0 Å². The predicted molar refractivity (Wildman–Crippen MR) is 136 cm³/mol. The van der Waals surface area contributed by atoms with Crippen LogP contribution in [0.3, 0.4) is 0 Å². The molecule has 1 aliphatic heterocycles. The molecule has 6 nitrogen and oxygen atoms in total. The molecule has 0 spiro atoms. The Balaban J connectivity index is 1.76. The molecule has 2 fully saturated rings. The van der Waals surface area contributed by atoms with Crippen LogP contribution in [0, 0.1) is 5.92 Å². The molecule has 7 heteroatoms. The molecule has 2 aliphatic rings. The number of carbonyl (C=O) groups excluding carboxylic acids is 1. The van der Waals surface area contributed by atoms with Crippen molar-refractivity contribution in [3.05, 3.63) is 64.7 Å². The van der Waals surface area contributed by atoms with Gasteiger partial charge in [-0.1, -0.05) is 48.9 Å². The van der Waals surface area contributed by atoms with Gasteiger partial charge in [-0.3, -0.25) is 19.5 Å². The Morgan fingerprint density at radius 3 is 2.62 bits per heavy atom. The van der Waals surface area contributed by atoms with Gasteiger partial charge in [0.05, 0.1) is 29.4 Å². The van der Waals surface area contributed by atoms with Crippen molar-refractivity contribution in [2.24, 2.45) is 10.9 Å². The van der Waals surface area contributed by atoms with E-state index in [2.05, 4.69) is 17.1 Å². The first-order chi connectivity index (χ1) is 16.3. The number of aliphatic imine (C=N–C) groups is 1. The van der Waals surface area contributed by atoms with Crippen molar-refractivity contribution in [3.63, 3.8) is 0 Å². The molecule has 1 saturated carbocycles. The second kappa shape index (κ2) is 10.3. The van der Waals surface area contributed by atoms with Crippen LogP contribution in [0.4, 0.5) is 5.69 Å². The number of nitrogens with zero attached hydrogens (tertiary/aromatic N) is 2. The summed E-state index contributed by atoms with van der Waals surface area (Å²) in [4.78, 5) is 32.2. The van der Waals surface area contributed by atoms with Gasteiger partial charge in [0, 0.05) is 16.1 Å². The SMILES string of the molecule is CCN1CCC[C@]1(C)C(=O)Nc1ccc(Cl)cc1C(=N[C@@H](CC(=O)O)C1CC1)c1ccccc1. The van der Waals surface area contributed by atoms with E-state index in [1.165, 1.54) is 0 Å². The lowest BCUT2D eigenvalue weighted by atomic mass is 9.95. The van der Waals surface area contributed by atoms with Crippen molar-refractivity contribution in [3.8, 4) is 0 Å². The highest BCUT2D eigenvalue weighted by Crippen LogP contribution is 2.37. The van der Waals surface area contributed by atoms with Gasteiger partial charge in [0.15, 0.2) is 0 Å². The number of rotatable bonds is 9. The third-order valence-electron chi connectivity index (χ3n) is 7.04. The van der Waals surface area contributed by atoms with E-state index in [4.69, 9.17) is 16.6 Å². The van der Waals surface area contributed by atoms with Crippen LogP contribution in [0.15, 0.2) is 53.5 Å². The van der Waals surface area contributed by atoms with Crippen LogP contribution in [0.2, 0.25) is 5.02 Å². The number of benzene rings is 2. The Morgan fingerprint density at radius 2 is 1.97 bits per heavy atom. The second-order valence-corrected chi connectivity index (χ2v) is 9.88. The van der Waals surface area contributed by atoms with E-state index in [1.807, 2.05) is 49.4 Å². The smallest absolute Gasteiger partial charge is 0.305 e. The highest BCUT2D eigenvalue weighted by molar-refractivity contribution is 6.31. The maximum Gasteiger partial charge on any atom is 0.305 e. The predicted octanol–water partition coefficient (Wildman–Crippen LogP) is 5.24. The standard InChI is InChI=1S/C27H32ClN3O3/c1-3-31-15-7-14-27(31,2)26(34)30-22-13-12-20(28)16-21(22)25(19-8-5-4-6-9-19)29-23(17-24(32)33)18-10-11-18/h4-6,8-9,12-13,16,18,23H,3,7,10-11,14-15,17H2,1-2H3,(H,30,34)(H,32,33)/t23-,27+/m0/s1. The van der Waals surface area contributed by atoms with Crippen molar-refractivity contribution in [2.45, 2.75) is 57.5 Å². The third kappa shape index (κ3) is 5.34. The molecule has 4 rings (SSSR count). The van der Waals surface area contributed by atoms with Crippen LogP contribution >= 0.6 is 11.6 Å². The Bertz CT molecular complexity index is 1080. The molecular weight excluding hydrogens is 450 g/mol. The van der Waals surface area contributed by atoms with Gasteiger partial charge >= 0.3 is 5.97 Å². The minimum absolute atomic E-state index is 0.0210. The lowest BCUT2D eigenvalue weighted by molar-refractivity contribution is -0.137. The number of hydrogen-bond donors (Lipinski definition) is 2. The Hall–Kier alpha value is -2.70. The van der Waals surface area contributed by atoms with Gasteiger partial charge in [0.1, 0.15) is 0 Å². The zero-order valence-corrected chi connectivity index (χ0v) is 20.5. The summed E-state index contributed by atoms with van der Waals surface area (Å²) in [5.41, 5.74) is 2.27. The molecule has 0 aromatic heterocycles. The number of likely N-dealkylation sites (tertiary alicyclic amines) is 1. The summed E-state index contributed by atoms with van der Waals surface area (Å²) < 4.78 is 0. The minimum atomic E-state index is -0.860. The average Bonchev–Trinajstić information content (AvgIpc) is 3.59. The van der Waals surface area contributed by atoms with Crippen LogP contribution in [-0.2, 0) is 9.59 Å². The molecule has 0 bridgehead atoms. The van der Waals surface area contributed by atoms with Gasteiger partial charge in [-0.05, 0) is 69.8 Å². The largest absolute Gasteiger partial charge is 0.481 e. The summed E-state index contributed by atoms with van der Waals surface area (Å²) in [5, 5.41) is 13.2. The molecule has 180 valence electrons. The first-order valence-electron chi connectivity index (χ1n) is 12.0. The van der Waals surface area contributed by atoms with Crippen LogP contribution < -0.4 is 5.32 Å². The fraction of sp³-hybridized carbons (Fsp3) is 0.444. The van der Waals surface area contributed by atoms with Crippen molar-refractivity contribution < 1.29 is 14.7 Å². The van der Waals surface area contributed by atoms with Gasteiger partial charge in [-0.2, -0.15) is 0 Å². The van der Waals surface area contributed by atoms with E-state index in [9.17, 15) is 14.7 Å². The number of carboxylic acids is 1. The molecule has 1 aliphatic carbocycles. The van der Waals surface area contributed by atoms with Gasteiger partial charge in [0.2, 0.25) is 5.91 Å². The lowest BCUT2D eigenvalue weighted by Crippen LogP contribution is -2.50. The monoisotopic (exact) mass is 481 g/mol. The minimum Gasteiger partial charge on any atom is -0.481 e. The van der Waals surface area contributed by atoms with E-state index in [1.54, 1.807) is 6.07 Å². The summed E-state index contributed by atoms with van der Waals surface area (Å²) in [6.07, 6.45) is 3.73.